The fourth-order valence-electron chi connectivity index (χ4n) is 3.63. The summed E-state index contributed by atoms with van der Waals surface area (Å²) in [6.45, 7) is 1.38. The summed E-state index contributed by atoms with van der Waals surface area (Å²) < 4.78 is 45.5. The van der Waals surface area contributed by atoms with Gasteiger partial charge in [-0.25, -0.2) is 12.8 Å². The van der Waals surface area contributed by atoms with E-state index in [1.807, 2.05) is 0 Å². The summed E-state index contributed by atoms with van der Waals surface area (Å²) in [5.74, 6) is -1.40. The van der Waals surface area contributed by atoms with E-state index in [1.54, 1.807) is 30.3 Å². The molecule has 1 N–H and O–H groups in total. The van der Waals surface area contributed by atoms with Crippen molar-refractivity contribution < 1.29 is 27.1 Å². The number of carbonyl (C=O) groups is 2. The van der Waals surface area contributed by atoms with Crippen molar-refractivity contribution in [3.63, 3.8) is 0 Å². The summed E-state index contributed by atoms with van der Waals surface area (Å²) in [5.41, 5.74) is -0.793. The van der Waals surface area contributed by atoms with Crippen molar-refractivity contribution in [1.82, 2.24) is 14.5 Å². The molecule has 0 radical (unpaired) electrons. The van der Waals surface area contributed by atoms with Crippen molar-refractivity contribution in [2.75, 3.05) is 33.4 Å². The van der Waals surface area contributed by atoms with E-state index in [0.29, 0.717) is 5.56 Å². The van der Waals surface area contributed by atoms with Crippen molar-refractivity contribution in [2.24, 2.45) is 0 Å². The van der Waals surface area contributed by atoms with E-state index < -0.39 is 33.2 Å². The summed E-state index contributed by atoms with van der Waals surface area (Å²) in [6.07, 6.45) is 0. The molecule has 1 aliphatic rings. The zero-order valence-corrected chi connectivity index (χ0v) is 18.8. The zero-order valence-electron chi connectivity index (χ0n) is 18.0. The van der Waals surface area contributed by atoms with Gasteiger partial charge in [0.05, 0.1) is 18.0 Å². The Morgan fingerprint density at radius 3 is 2.44 bits per heavy atom. The number of nitrogens with one attached hydrogen (secondary N) is 1. The highest BCUT2D eigenvalue weighted by Gasteiger charge is 2.50. The first-order valence-corrected chi connectivity index (χ1v) is 11.5. The second-order valence-corrected chi connectivity index (χ2v) is 9.65. The highest BCUT2D eigenvalue weighted by Crippen LogP contribution is 2.27. The van der Waals surface area contributed by atoms with Crippen LogP contribution in [0.5, 0.6) is 0 Å². The van der Waals surface area contributed by atoms with E-state index in [0.717, 1.165) is 4.31 Å². The first-order chi connectivity index (χ1) is 15.2. The molecule has 0 aliphatic carbocycles. The van der Waals surface area contributed by atoms with Crippen molar-refractivity contribution in [1.29, 1.82) is 0 Å². The summed E-state index contributed by atoms with van der Waals surface area (Å²) in [7, 11) is -2.50. The maximum Gasteiger partial charge on any atom is 0.247 e. The Balaban J connectivity index is 1.87. The molecule has 172 valence electrons. The standard InChI is InChI=1S/C22H26FN3O5S/c1-22(21(28)24-14-17-8-10-18(23)11-9-17)16-25(15-20(27)26(22)12-13-31-2)32(29,30)19-6-4-3-5-7-19/h3-11H,12-16H2,1-2H3,(H,24,28). The Labute approximate surface area is 187 Å². The van der Waals surface area contributed by atoms with Gasteiger partial charge in [-0.3, -0.25) is 9.59 Å². The molecule has 0 bridgehead atoms. The van der Waals surface area contributed by atoms with Crippen molar-refractivity contribution in [2.45, 2.75) is 23.9 Å². The zero-order chi connectivity index (χ0) is 23.4. The van der Waals surface area contributed by atoms with Crippen LogP contribution in [0.2, 0.25) is 0 Å². The average Bonchev–Trinajstić information content (AvgIpc) is 2.78. The second kappa shape index (κ2) is 9.76. The first-order valence-electron chi connectivity index (χ1n) is 10.1. The Kier molecular flexibility index (Phi) is 7.27. The lowest BCUT2D eigenvalue weighted by atomic mass is 9.95. The molecule has 0 aromatic heterocycles. The van der Waals surface area contributed by atoms with E-state index >= 15 is 0 Å². The van der Waals surface area contributed by atoms with Gasteiger partial charge in [0.2, 0.25) is 21.8 Å². The molecule has 2 aromatic rings. The number of sulfonamides is 1. The number of benzene rings is 2. The molecule has 2 aromatic carbocycles. The van der Waals surface area contributed by atoms with Crippen LogP contribution in [0.4, 0.5) is 4.39 Å². The van der Waals surface area contributed by atoms with Crippen LogP contribution in [0.15, 0.2) is 59.5 Å². The fourth-order valence-corrected chi connectivity index (χ4v) is 5.13. The van der Waals surface area contributed by atoms with E-state index in [1.165, 1.54) is 43.2 Å². The van der Waals surface area contributed by atoms with E-state index in [2.05, 4.69) is 5.32 Å². The molecular weight excluding hydrogens is 437 g/mol. The van der Waals surface area contributed by atoms with Gasteiger partial charge in [0.15, 0.2) is 0 Å². The molecule has 1 heterocycles. The number of ether oxygens (including phenoxy) is 1. The van der Waals surface area contributed by atoms with Crippen LogP contribution < -0.4 is 5.32 Å². The quantitative estimate of drug-likeness (QED) is 0.638. The lowest BCUT2D eigenvalue weighted by Gasteiger charge is -2.46. The molecule has 1 unspecified atom stereocenters. The third kappa shape index (κ3) is 4.98. The second-order valence-electron chi connectivity index (χ2n) is 7.71. The van der Waals surface area contributed by atoms with Crippen molar-refractivity contribution in [3.8, 4) is 0 Å². The minimum absolute atomic E-state index is 0.0483. The third-order valence-electron chi connectivity index (χ3n) is 5.45. The molecule has 2 amide bonds. The Morgan fingerprint density at radius 1 is 1.16 bits per heavy atom. The molecule has 1 aliphatic heterocycles. The molecule has 1 atom stereocenters. The van der Waals surface area contributed by atoms with Crippen LogP contribution in [-0.2, 0) is 30.9 Å². The van der Waals surface area contributed by atoms with Crippen LogP contribution in [-0.4, -0.2) is 68.3 Å². The largest absolute Gasteiger partial charge is 0.383 e. The Hall–Kier alpha value is -2.82. The molecule has 3 rings (SSSR count). The maximum absolute atomic E-state index is 13.2. The first kappa shape index (κ1) is 23.8. The number of hydrogen-bond acceptors (Lipinski definition) is 5. The van der Waals surface area contributed by atoms with Crippen LogP contribution in [0, 0.1) is 5.82 Å². The highest BCUT2D eigenvalue weighted by atomic mass is 32.2. The summed E-state index contributed by atoms with van der Waals surface area (Å²) in [4.78, 5) is 27.6. The van der Waals surface area contributed by atoms with E-state index in [4.69, 9.17) is 4.74 Å². The normalized spacial score (nSPS) is 19.7. The van der Waals surface area contributed by atoms with Gasteiger partial charge in [-0.15, -0.1) is 0 Å². The van der Waals surface area contributed by atoms with Crippen LogP contribution in [0.25, 0.3) is 0 Å². The molecule has 32 heavy (non-hydrogen) atoms. The molecule has 0 saturated carbocycles. The lowest BCUT2D eigenvalue weighted by molar-refractivity contribution is -0.153. The van der Waals surface area contributed by atoms with Gasteiger partial charge in [0.25, 0.3) is 0 Å². The summed E-state index contributed by atoms with van der Waals surface area (Å²) >= 11 is 0. The predicted octanol–water partition coefficient (Wildman–Crippen LogP) is 1.38. The van der Waals surface area contributed by atoms with Crippen LogP contribution in [0.3, 0.4) is 0 Å². The van der Waals surface area contributed by atoms with E-state index in [-0.39, 0.29) is 37.7 Å². The van der Waals surface area contributed by atoms with E-state index in [9.17, 15) is 22.4 Å². The molecular formula is C22H26FN3O5S. The summed E-state index contributed by atoms with van der Waals surface area (Å²) in [6, 6.07) is 13.4. The molecule has 8 nitrogen and oxygen atoms in total. The number of amides is 2. The van der Waals surface area contributed by atoms with Gasteiger partial charge in [-0.2, -0.15) is 4.31 Å². The smallest absolute Gasteiger partial charge is 0.247 e. The van der Waals surface area contributed by atoms with Gasteiger partial charge in [-0.1, -0.05) is 30.3 Å². The van der Waals surface area contributed by atoms with Crippen molar-refractivity contribution in [3.05, 3.63) is 66.0 Å². The monoisotopic (exact) mass is 463 g/mol. The van der Waals surface area contributed by atoms with Gasteiger partial charge in [0, 0.05) is 26.7 Å². The summed E-state index contributed by atoms with van der Waals surface area (Å²) in [5, 5.41) is 2.75. The van der Waals surface area contributed by atoms with Crippen molar-refractivity contribution >= 4 is 21.8 Å². The Morgan fingerprint density at radius 2 is 1.81 bits per heavy atom. The lowest BCUT2D eigenvalue weighted by Crippen LogP contribution is -2.70. The number of nitrogens with zero attached hydrogens (tertiary/aromatic N) is 2. The molecule has 10 heteroatoms. The number of rotatable bonds is 8. The number of hydrogen-bond donors (Lipinski definition) is 1. The highest BCUT2D eigenvalue weighted by molar-refractivity contribution is 7.89. The molecule has 0 spiro atoms. The van der Waals surface area contributed by atoms with Gasteiger partial charge in [0.1, 0.15) is 11.4 Å². The van der Waals surface area contributed by atoms with Gasteiger partial charge in [-0.05, 0) is 36.8 Å². The van der Waals surface area contributed by atoms with Gasteiger partial charge < -0.3 is 15.0 Å². The Bertz CT molecular complexity index is 1060. The minimum Gasteiger partial charge on any atom is -0.383 e. The number of halogens is 1. The molecule has 1 saturated heterocycles. The number of piperazine rings is 1. The third-order valence-corrected chi connectivity index (χ3v) is 7.25. The van der Waals surface area contributed by atoms with Crippen LogP contribution in [0.1, 0.15) is 12.5 Å². The topological polar surface area (TPSA) is 96.0 Å². The van der Waals surface area contributed by atoms with Gasteiger partial charge >= 0.3 is 0 Å². The van der Waals surface area contributed by atoms with Crippen LogP contribution >= 0.6 is 0 Å². The number of carbonyl (C=O) groups excluding carboxylic acids is 2. The maximum atomic E-state index is 13.2. The number of methoxy groups -OCH3 is 1. The fraction of sp³-hybridized carbons (Fsp3) is 0.364. The average molecular weight is 464 g/mol. The SMILES string of the molecule is COCCN1C(=O)CN(S(=O)(=O)c2ccccc2)CC1(C)C(=O)NCc1ccc(F)cc1. The predicted molar refractivity (Wildman–Crippen MR) is 115 cm³/mol. The minimum atomic E-state index is -3.98. The molecule has 1 fully saturated rings.